The molecule has 2 nitrogen and oxygen atoms in total. The fourth-order valence-corrected chi connectivity index (χ4v) is 7.41. The van der Waals surface area contributed by atoms with Crippen LogP contribution in [0.4, 0.5) is 0 Å². The van der Waals surface area contributed by atoms with Gasteiger partial charge in [0.15, 0.2) is 0 Å². The van der Waals surface area contributed by atoms with Crippen molar-refractivity contribution in [3.8, 4) is 0 Å². The molecule has 2 saturated carbocycles. The molecule has 3 aliphatic carbocycles. The summed E-state index contributed by atoms with van der Waals surface area (Å²) < 4.78 is 0. The summed E-state index contributed by atoms with van der Waals surface area (Å²) in [5.41, 5.74) is 2.11. The molecule has 2 bridgehead atoms. The first-order valence-electron chi connectivity index (χ1n) is 10.2. The summed E-state index contributed by atoms with van der Waals surface area (Å²) in [6, 6.07) is 1.34. The van der Waals surface area contributed by atoms with Gasteiger partial charge in [-0.1, -0.05) is 46.3 Å². The van der Waals surface area contributed by atoms with Crippen molar-refractivity contribution in [2.75, 3.05) is 6.67 Å². The van der Waals surface area contributed by atoms with Gasteiger partial charge >= 0.3 is 0 Å². The third kappa shape index (κ3) is 2.35. The van der Waals surface area contributed by atoms with E-state index in [4.69, 9.17) is 0 Å². The first-order valence-corrected chi connectivity index (χ1v) is 10.2. The Hall–Kier alpha value is -0.920. The van der Waals surface area contributed by atoms with Crippen LogP contribution in [0.25, 0.3) is 0 Å². The Morgan fingerprint density at radius 2 is 1.71 bits per heavy atom. The van der Waals surface area contributed by atoms with Crippen LogP contribution in [0.2, 0.25) is 0 Å². The normalized spacial score (nSPS) is 50.8. The van der Waals surface area contributed by atoms with Crippen LogP contribution in [-0.4, -0.2) is 28.6 Å². The lowest BCUT2D eigenvalue weighted by Gasteiger charge is -2.45. The van der Waals surface area contributed by atoms with Crippen LogP contribution in [0.1, 0.15) is 60.8 Å². The minimum Gasteiger partial charge on any atom is -0.355 e. The molecule has 0 saturated heterocycles. The third-order valence-corrected chi connectivity index (χ3v) is 7.90. The average Bonchev–Trinajstić information content (AvgIpc) is 3.09. The SMILES string of the molecule is CC1=CC(C)CC(C)C1N1C=CN(C2C(C)C3CC2(C)CC3C)C1. The van der Waals surface area contributed by atoms with Gasteiger partial charge in [-0.15, -0.1) is 0 Å². The highest BCUT2D eigenvalue weighted by molar-refractivity contribution is 5.19. The first kappa shape index (κ1) is 16.5. The van der Waals surface area contributed by atoms with Crippen molar-refractivity contribution in [2.24, 2.45) is 35.0 Å². The Morgan fingerprint density at radius 1 is 1.00 bits per heavy atom. The molecular weight excluding hydrogens is 292 g/mol. The maximum absolute atomic E-state index is 2.69. The van der Waals surface area contributed by atoms with Gasteiger partial charge in [0.2, 0.25) is 0 Å². The number of fused-ring (bicyclic) bond motifs is 2. The largest absolute Gasteiger partial charge is 0.355 e. The van der Waals surface area contributed by atoms with E-state index in [1.165, 1.54) is 19.3 Å². The van der Waals surface area contributed by atoms with Crippen molar-refractivity contribution >= 4 is 0 Å². The van der Waals surface area contributed by atoms with E-state index in [2.05, 4.69) is 69.8 Å². The molecule has 0 N–H and O–H groups in total. The van der Waals surface area contributed by atoms with E-state index in [0.29, 0.717) is 11.5 Å². The molecule has 24 heavy (non-hydrogen) atoms. The van der Waals surface area contributed by atoms with Gasteiger partial charge in [0.05, 0.1) is 12.7 Å². The van der Waals surface area contributed by atoms with Crippen molar-refractivity contribution in [2.45, 2.75) is 72.9 Å². The average molecular weight is 329 g/mol. The molecule has 0 amide bonds. The van der Waals surface area contributed by atoms with E-state index in [1.54, 1.807) is 5.57 Å². The van der Waals surface area contributed by atoms with E-state index in [0.717, 1.165) is 42.3 Å². The van der Waals surface area contributed by atoms with Crippen LogP contribution in [0, 0.1) is 35.0 Å². The quantitative estimate of drug-likeness (QED) is 0.651. The van der Waals surface area contributed by atoms with Crippen molar-refractivity contribution in [3.63, 3.8) is 0 Å². The molecule has 8 unspecified atom stereocenters. The van der Waals surface area contributed by atoms with Crippen LogP contribution in [0.5, 0.6) is 0 Å². The van der Waals surface area contributed by atoms with Gasteiger partial charge in [0.25, 0.3) is 0 Å². The summed E-state index contributed by atoms with van der Waals surface area (Å²) in [5, 5.41) is 0. The molecule has 8 atom stereocenters. The molecule has 2 heteroatoms. The molecule has 0 radical (unpaired) electrons. The van der Waals surface area contributed by atoms with Gasteiger partial charge in [0, 0.05) is 18.4 Å². The van der Waals surface area contributed by atoms with Gasteiger partial charge in [-0.05, 0) is 61.2 Å². The lowest BCUT2D eigenvalue weighted by molar-refractivity contribution is 0.0480. The zero-order valence-corrected chi connectivity index (χ0v) is 16.5. The summed E-state index contributed by atoms with van der Waals surface area (Å²) in [7, 11) is 0. The lowest BCUT2D eigenvalue weighted by atomic mass is 9.72. The first-order chi connectivity index (χ1) is 11.3. The van der Waals surface area contributed by atoms with Crippen molar-refractivity contribution in [3.05, 3.63) is 24.0 Å². The van der Waals surface area contributed by atoms with Crippen molar-refractivity contribution in [1.29, 1.82) is 0 Å². The molecule has 1 heterocycles. The second kappa shape index (κ2) is 5.54. The Morgan fingerprint density at radius 3 is 2.33 bits per heavy atom. The van der Waals surface area contributed by atoms with Crippen LogP contribution >= 0.6 is 0 Å². The minimum atomic E-state index is 0.529. The molecule has 0 spiro atoms. The van der Waals surface area contributed by atoms with E-state index in [1.807, 2.05) is 0 Å². The zero-order chi connectivity index (χ0) is 17.2. The van der Waals surface area contributed by atoms with Crippen LogP contribution in [0.15, 0.2) is 24.0 Å². The molecular formula is C22H36N2. The number of nitrogens with zero attached hydrogens (tertiary/aromatic N) is 2. The summed E-state index contributed by atoms with van der Waals surface area (Å²) in [6.07, 6.45) is 11.5. The minimum absolute atomic E-state index is 0.529. The summed E-state index contributed by atoms with van der Waals surface area (Å²) in [4.78, 5) is 5.31. The summed E-state index contributed by atoms with van der Waals surface area (Å²) >= 11 is 0. The summed E-state index contributed by atoms with van der Waals surface area (Å²) in [5.74, 6) is 4.20. The molecule has 0 aromatic rings. The third-order valence-electron chi connectivity index (χ3n) is 7.90. The van der Waals surface area contributed by atoms with Gasteiger partial charge in [-0.25, -0.2) is 0 Å². The van der Waals surface area contributed by atoms with Gasteiger partial charge in [0.1, 0.15) is 0 Å². The predicted molar refractivity (Wildman–Crippen MR) is 101 cm³/mol. The van der Waals surface area contributed by atoms with E-state index in [-0.39, 0.29) is 0 Å². The highest BCUT2D eigenvalue weighted by Gasteiger charge is 2.58. The molecule has 0 aromatic carbocycles. The number of rotatable bonds is 2. The number of hydrogen-bond acceptors (Lipinski definition) is 2. The van der Waals surface area contributed by atoms with Gasteiger partial charge < -0.3 is 9.80 Å². The van der Waals surface area contributed by atoms with E-state index in [9.17, 15) is 0 Å². The maximum atomic E-state index is 2.69. The van der Waals surface area contributed by atoms with Crippen molar-refractivity contribution in [1.82, 2.24) is 9.80 Å². The van der Waals surface area contributed by atoms with E-state index >= 15 is 0 Å². The molecule has 1 aliphatic heterocycles. The molecule has 134 valence electrons. The van der Waals surface area contributed by atoms with E-state index < -0.39 is 0 Å². The fourth-order valence-electron chi connectivity index (χ4n) is 7.41. The molecule has 4 rings (SSSR count). The predicted octanol–water partition coefficient (Wildman–Crippen LogP) is 5.09. The Balaban J connectivity index is 1.50. The van der Waals surface area contributed by atoms with Crippen LogP contribution < -0.4 is 0 Å². The highest BCUT2D eigenvalue weighted by Crippen LogP contribution is 2.61. The van der Waals surface area contributed by atoms with Crippen LogP contribution in [-0.2, 0) is 0 Å². The molecule has 4 aliphatic rings. The van der Waals surface area contributed by atoms with Crippen LogP contribution in [0.3, 0.4) is 0 Å². The molecule has 2 fully saturated rings. The second-order valence-electron chi connectivity index (χ2n) is 10.0. The van der Waals surface area contributed by atoms with Gasteiger partial charge in [-0.3, -0.25) is 0 Å². The highest BCUT2D eigenvalue weighted by atomic mass is 15.4. The standard InChI is InChI=1S/C22H36N2/c1-14-9-15(2)20(16(3)10-14)23-7-8-24(13-23)21-18(5)19-12-22(21,6)11-17(19)4/h7-9,14,16-21H,10-13H2,1-6H3. The maximum Gasteiger partial charge on any atom is 0.0902 e. The Kier molecular flexibility index (Phi) is 3.82. The van der Waals surface area contributed by atoms with Crippen molar-refractivity contribution < 1.29 is 0 Å². The Labute approximate surface area is 149 Å². The second-order valence-corrected chi connectivity index (χ2v) is 10.0. The topological polar surface area (TPSA) is 6.48 Å². The van der Waals surface area contributed by atoms with Gasteiger partial charge in [-0.2, -0.15) is 0 Å². The number of allylic oxidation sites excluding steroid dienone is 1. The zero-order valence-electron chi connectivity index (χ0n) is 16.5. The lowest BCUT2D eigenvalue weighted by Crippen LogP contribution is -2.49. The molecule has 0 aromatic heterocycles. The smallest absolute Gasteiger partial charge is 0.0902 e. The Bertz CT molecular complexity index is 564. The summed E-state index contributed by atoms with van der Waals surface area (Å²) in [6.45, 7) is 15.8. The number of hydrogen-bond donors (Lipinski definition) is 0. The monoisotopic (exact) mass is 328 g/mol. The fraction of sp³-hybridized carbons (Fsp3) is 0.818.